The molecule has 3 aromatic rings. The lowest BCUT2D eigenvalue weighted by Gasteiger charge is -2.25. The van der Waals surface area contributed by atoms with Crippen LogP contribution in [0, 0.1) is 5.82 Å². The van der Waals surface area contributed by atoms with Crippen LogP contribution in [0.15, 0.2) is 59.4 Å². The summed E-state index contributed by atoms with van der Waals surface area (Å²) in [7, 11) is 0. The second kappa shape index (κ2) is 7.73. The summed E-state index contributed by atoms with van der Waals surface area (Å²) in [6, 6.07) is 13.2. The van der Waals surface area contributed by atoms with Crippen molar-refractivity contribution in [3.05, 3.63) is 80.8 Å². The highest BCUT2D eigenvalue weighted by Gasteiger charge is 2.32. The average Bonchev–Trinajstić information content (AvgIpc) is 2.65. The summed E-state index contributed by atoms with van der Waals surface area (Å²) in [5.41, 5.74) is -0.354. The van der Waals surface area contributed by atoms with Crippen LogP contribution in [-0.2, 0) is 10.3 Å². The van der Waals surface area contributed by atoms with Gasteiger partial charge in [0, 0.05) is 16.7 Å². The van der Waals surface area contributed by atoms with E-state index in [1.807, 2.05) is 0 Å². The van der Waals surface area contributed by atoms with Crippen molar-refractivity contribution in [2.24, 2.45) is 0 Å². The number of nitrogens with zero attached hydrogens (tertiary/aromatic N) is 2. The molecule has 0 spiro atoms. The molecule has 8 heteroatoms. The third-order valence-corrected chi connectivity index (χ3v) is 4.75. The molecule has 5 nitrogen and oxygen atoms in total. The van der Waals surface area contributed by atoms with Gasteiger partial charge in [0.15, 0.2) is 0 Å². The number of nitrogens with one attached hydrogen (secondary N) is 1. The molecule has 0 saturated carbocycles. The molecule has 3 rings (SSSR count). The first kappa shape index (κ1) is 20.0. The lowest BCUT2D eigenvalue weighted by atomic mass is 10.0. The van der Waals surface area contributed by atoms with E-state index in [-0.39, 0.29) is 10.8 Å². The smallest absolute Gasteiger partial charge is 0.267 e. The minimum absolute atomic E-state index is 0.275. The third-order valence-electron chi connectivity index (χ3n) is 4.20. The minimum atomic E-state index is -1.32. The van der Waals surface area contributed by atoms with Crippen molar-refractivity contribution in [3.63, 3.8) is 0 Å². The van der Waals surface area contributed by atoms with E-state index in [9.17, 15) is 14.0 Å². The summed E-state index contributed by atoms with van der Waals surface area (Å²) < 4.78 is 14.2. The number of anilines is 1. The Morgan fingerprint density at radius 3 is 2.39 bits per heavy atom. The van der Waals surface area contributed by atoms with Crippen molar-refractivity contribution >= 4 is 34.8 Å². The number of rotatable bonds is 4. The Labute approximate surface area is 170 Å². The van der Waals surface area contributed by atoms with Gasteiger partial charge in [0.1, 0.15) is 11.4 Å². The third kappa shape index (κ3) is 4.08. The molecule has 0 fully saturated rings. The van der Waals surface area contributed by atoms with Gasteiger partial charge in [-0.3, -0.25) is 9.59 Å². The maximum absolute atomic E-state index is 13.2. The number of carbonyl (C=O) groups is 1. The average molecular weight is 420 g/mol. The van der Waals surface area contributed by atoms with Gasteiger partial charge < -0.3 is 5.32 Å². The largest absolute Gasteiger partial charge is 0.323 e. The van der Waals surface area contributed by atoms with Gasteiger partial charge in [0.05, 0.1) is 16.4 Å². The molecule has 1 amide bonds. The van der Waals surface area contributed by atoms with Crippen molar-refractivity contribution in [1.82, 2.24) is 9.78 Å². The van der Waals surface area contributed by atoms with Crippen molar-refractivity contribution in [1.29, 1.82) is 0 Å². The van der Waals surface area contributed by atoms with Gasteiger partial charge in [0.2, 0.25) is 0 Å². The summed E-state index contributed by atoms with van der Waals surface area (Å²) in [6.07, 6.45) is 0. The van der Waals surface area contributed by atoms with Gasteiger partial charge >= 0.3 is 0 Å². The minimum Gasteiger partial charge on any atom is -0.323 e. The monoisotopic (exact) mass is 419 g/mol. The molecule has 0 saturated heterocycles. The lowest BCUT2D eigenvalue weighted by Crippen LogP contribution is -2.47. The quantitative estimate of drug-likeness (QED) is 0.664. The van der Waals surface area contributed by atoms with E-state index < -0.39 is 17.0 Å². The van der Waals surface area contributed by atoms with E-state index in [0.29, 0.717) is 22.0 Å². The number of aromatic nitrogens is 2. The van der Waals surface area contributed by atoms with Crippen molar-refractivity contribution in [3.8, 4) is 11.3 Å². The highest BCUT2D eigenvalue weighted by Crippen LogP contribution is 2.27. The highest BCUT2D eigenvalue weighted by molar-refractivity contribution is 6.36. The molecule has 0 unspecified atom stereocenters. The molecular weight excluding hydrogens is 404 g/mol. The first-order valence-electron chi connectivity index (χ1n) is 8.32. The summed E-state index contributed by atoms with van der Waals surface area (Å²) >= 11 is 12.0. The Kier molecular flexibility index (Phi) is 5.54. The van der Waals surface area contributed by atoms with Gasteiger partial charge in [-0.2, -0.15) is 5.10 Å². The molecule has 2 aromatic carbocycles. The Hall–Kier alpha value is -2.70. The fourth-order valence-electron chi connectivity index (χ4n) is 2.55. The van der Waals surface area contributed by atoms with E-state index in [1.54, 1.807) is 38.1 Å². The van der Waals surface area contributed by atoms with Gasteiger partial charge in [-0.15, -0.1) is 0 Å². The van der Waals surface area contributed by atoms with E-state index in [4.69, 9.17) is 23.2 Å². The second-order valence-corrected chi connectivity index (χ2v) is 7.46. The van der Waals surface area contributed by atoms with E-state index >= 15 is 0 Å². The Bertz CT molecular complexity index is 1100. The van der Waals surface area contributed by atoms with Crippen LogP contribution in [0.4, 0.5) is 10.1 Å². The van der Waals surface area contributed by atoms with Gasteiger partial charge in [-0.05, 0) is 62.4 Å². The fourth-order valence-corrected chi connectivity index (χ4v) is 3.00. The molecule has 144 valence electrons. The van der Waals surface area contributed by atoms with Crippen LogP contribution in [0.3, 0.4) is 0 Å². The van der Waals surface area contributed by atoms with Crippen LogP contribution in [0.2, 0.25) is 10.0 Å². The summed E-state index contributed by atoms with van der Waals surface area (Å²) in [5, 5.41) is 7.71. The van der Waals surface area contributed by atoms with Crippen LogP contribution in [0.5, 0.6) is 0 Å². The van der Waals surface area contributed by atoms with Crippen LogP contribution in [-0.4, -0.2) is 15.7 Å². The van der Waals surface area contributed by atoms with Gasteiger partial charge in [-0.25, -0.2) is 9.07 Å². The second-order valence-electron chi connectivity index (χ2n) is 6.61. The Morgan fingerprint density at radius 2 is 1.75 bits per heavy atom. The predicted octanol–water partition coefficient (Wildman–Crippen LogP) is 4.73. The molecule has 0 radical (unpaired) electrons. The molecule has 0 aliphatic rings. The molecule has 1 heterocycles. The molecular formula is C20H16Cl2FN3O2. The number of amides is 1. The topological polar surface area (TPSA) is 64.0 Å². The van der Waals surface area contributed by atoms with Crippen LogP contribution in [0.1, 0.15) is 13.8 Å². The molecule has 0 aliphatic heterocycles. The van der Waals surface area contributed by atoms with E-state index in [1.165, 1.54) is 30.3 Å². The van der Waals surface area contributed by atoms with Crippen molar-refractivity contribution < 1.29 is 9.18 Å². The van der Waals surface area contributed by atoms with E-state index in [2.05, 4.69) is 10.4 Å². The Balaban J connectivity index is 1.96. The summed E-state index contributed by atoms with van der Waals surface area (Å²) in [4.78, 5) is 25.3. The first-order valence-corrected chi connectivity index (χ1v) is 9.07. The highest BCUT2D eigenvalue weighted by atomic mass is 35.5. The normalized spacial score (nSPS) is 11.3. The molecule has 0 atom stereocenters. The standard InChI is InChI=1S/C20H16Cl2FN3O2/c1-20(2,19(28)24-17-8-5-13(21)11-15(17)22)26-18(27)10-9-16(25-26)12-3-6-14(23)7-4-12/h3-11H,1-2H3,(H,24,28). The zero-order valence-corrected chi connectivity index (χ0v) is 16.6. The zero-order valence-electron chi connectivity index (χ0n) is 15.0. The molecule has 1 N–H and O–H groups in total. The van der Waals surface area contributed by atoms with Crippen molar-refractivity contribution in [2.75, 3.05) is 5.32 Å². The predicted molar refractivity (Wildman–Crippen MR) is 108 cm³/mol. The number of hydrogen-bond donors (Lipinski definition) is 1. The number of hydrogen-bond acceptors (Lipinski definition) is 3. The van der Waals surface area contributed by atoms with Gasteiger partial charge in [0.25, 0.3) is 11.5 Å². The maximum Gasteiger partial charge on any atom is 0.267 e. The molecule has 0 bridgehead atoms. The first-order chi connectivity index (χ1) is 13.2. The summed E-state index contributed by atoms with van der Waals surface area (Å²) in [5.74, 6) is -0.862. The van der Waals surface area contributed by atoms with Crippen LogP contribution >= 0.6 is 23.2 Å². The van der Waals surface area contributed by atoms with Crippen molar-refractivity contribution in [2.45, 2.75) is 19.4 Å². The van der Waals surface area contributed by atoms with Crippen LogP contribution in [0.25, 0.3) is 11.3 Å². The van der Waals surface area contributed by atoms with Crippen LogP contribution < -0.4 is 10.9 Å². The van der Waals surface area contributed by atoms with E-state index in [0.717, 1.165) is 4.68 Å². The number of carbonyl (C=O) groups excluding carboxylic acids is 1. The molecule has 0 aliphatic carbocycles. The molecule has 1 aromatic heterocycles. The zero-order chi connectivity index (χ0) is 20.5. The SMILES string of the molecule is CC(C)(C(=O)Nc1ccc(Cl)cc1Cl)n1nc(-c2ccc(F)cc2)ccc1=O. The Morgan fingerprint density at radius 1 is 1.07 bits per heavy atom. The maximum atomic E-state index is 13.2. The van der Waals surface area contributed by atoms with Gasteiger partial charge in [-0.1, -0.05) is 23.2 Å². The summed E-state index contributed by atoms with van der Waals surface area (Å²) in [6.45, 7) is 3.13. The fraction of sp³-hybridized carbons (Fsp3) is 0.150. The number of benzene rings is 2. The lowest BCUT2D eigenvalue weighted by molar-refractivity contribution is -0.123. The number of halogens is 3. The molecule has 28 heavy (non-hydrogen) atoms.